The van der Waals surface area contributed by atoms with Crippen LogP contribution in [0.1, 0.15) is 59.2 Å². The highest BCUT2D eigenvalue weighted by molar-refractivity contribution is 7.10. The number of fused-ring (bicyclic) bond motifs is 4. The molecule has 320 valence electrons. The fourth-order valence-corrected chi connectivity index (χ4v) is 8.13. The summed E-state index contributed by atoms with van der Waals surface area (Å²) in [5, 5.41) is 24.1. The van der Waals surface area contributed by atoms with Crippen LogP contribution in [0.2, 0.25) is 0 Å². The first kappa shape index (κ1) is 43.9. The lowest BCUT2D eigenvalue weighted by molar-refractivity contribution is -0.134. The van der Waals surface area contributed by atoms with E-state index < -0.39 is 77.7 Å². The van der Waals surface area contributed by atoms with Crippen LogP contribution in [0.15, 0.2) is 72.5 Å². The SMILES string of the molecule is C=C1NC(=O)[C@@H](C)NC(=O)[C@@H](C)CC(=O)[C@H](Cc2c[nH]c3cccc(OC)c23)NC(=O)[C@H](Cc2c[nH]c3ccccc23)NC(=O)c2csc(n2)[C@@H](CO)CC(=O)CN(C)C1=O. The molecule has 17 nitrogen and oxygen atoms in total. The molecule has 18 heteroatoms. The Morgan fingerprint density at radius 2 is 1.56 bits per heavy atom. The number of hydrogen-bond acceptors (Lipinski definition) is 11. The number of amides is 5. The van der Waals surface area contributed by atoms with Crippen LogP contribution in [0.3, 0.4) is 0 Å². The Labute approximate surface area is 354 Å². The molecule has 0 saturated heterocycles. The molecule has 6 rings (SSSR count). The molecule has 5 amide bonds. The minimum absolute atomic E-state index is 0.00554. The maximum atomic E-state index is 14.5. The summed E-state index contributed by atoms with van der Waals surface area (Å²) in [5.74, 6) is -5.76. The number of ether oxygens (including phenoxy) is 1. The van der Waals surface area contributed by atoms with Crippen LogP contribution < -0.4 is 26.0 Å². The number of aromatic amines is 2. The van der Waals surface area contributed by atoms with E-state index in [2.05, 4.69) is 42.8 Å². The van der Waals surface area contributed by atoms with Crippen LogP contribution in [0.25, 0.3) is 21.8 Å². The Hall–Kier alpha value is -6.66. The Morgan fingerprint density at radius 3 is 2.31 bits per heavy atom. The summed E-state index contributed by atoms with van der Waals surface area (Å²) in [6.07, 6.45) is 2.86. The van der Waals surface area contributed by atoms with E-state index in [1.54, 1.807) is 24.5 Å². The van der Waals surface area contributed by atoms with Gasteiger partial charge in [-0.3, -0.25) is 33.6 Å². The fourth-order valence-electron chi connectivity index (χ4n) is 7.23. The molecule has 2 aromatic carbocycles. The number of para-hydroxylation sites is 1. The summed E-state index contributed by atoms with van der Waals surface area (Å²) in [7, 11) is 2.86. The summed E-state index contributed by atoms with van der Waals surface area (Å²) in [6.45, 7) is 5.65. The molecule has 7 N–H and O–H groups in total. The smallest absolute Gasteiger partial charge is 0.271 e. The largest absolute Gasteiger partial charge is 0.496 e. The van der Waals surface area contributed by atoms with Gasteiger partial charge in [-0.05, 0) is 36.2 Å². The molecule has 4 heterocycles. The molecule has 61 heavy (non-hydrogen) atoms. The summed E-state index contributed by atoms with van der Waals surface area (Å²) in [6, 6.07) is 9.26. The Bertz CT molecular complexity index is 2510. The van der Waals surface area contributed by atoms with Gasteiger partial charge in [0.05, 0.1) is 37.0 Å². The predicted molar refractivity (Wildman–Crippen MR) is 227 cm³/mol. The third-order valence-corrected chi connectivity index (χ3v) is 11.6. The number of benzene rings is 2. The average molecular weight is 853 g/mol. The third kappa shape index (κ3) is 10.2. The molecule has 0 aliphatic carbocycles. The minimum atomic E-state index is -1.24. The van der Waals surface area contributed by atoms with Gasteiger partial charge in [0.25, 0.3) is 11.8 Å². The van der Waals surface area contributed by atoms with Gasteiger partial charge in [-0.2, -0.15) is 0 Å². The molecular formula is C43H48N8O9S. The van der Waals surface area contributed by atoms with Crippen LogP contribution in [-0.4, -0.2) is 111 Å². The van der Waals surface area contributed by atoms with Crippen LogP contribution in [-0.2, 0) is 41.6 Å². The van der Waals surface area contributed by atoms with E-state index in [1.807, 2.05) is 30.3 Å². The lowest BCUT2D eigenvalue weighted by Crippen LogP contribution is -2.53. The van der Waals surface area contributed by atoms with E-state index in [4.69, 9.17) is 4.74 Å². The molecule has 0 unspecified atom stereocenters. The van der Waals surface area contributed by atoms with E-state index in [1.165, 1.54) is 33.4 Å². The van der Waals surface area contributed by atoms with Gasteiger partial charge >= 0.3 is 0 Å². The van der Waals surface area contributed by atoms with Crippen molar-refractivity contribution in [3.05, 3.63) is 94.3 Å². The monoisotopic (exact) mass is 852 g/mol. The first-order valence-corrected chi connectivity index (χ1v) is 20.5. The van der Waals surface area contributed by atoms with E-state index in [9.17, 15) is 38.7 Å². The topological polar surface area (TPSA) is 245 Å². The molecule has 1 aliphatic rings. The normalized spacial score (nSPS) is 22.1. The standard InChI is InChI=1S/C43H48N8O9S/c1-22-13-35(54)32(16-26-18-45-31-11-8-12-36(60-5)37(26)31)48-40(57)33(15-25-17-44-30-10-7-6-9-29(25)30)49-41(58)34-21-61-42(50-34)27(20-52)14-28(53)19-51(4)43(59)24(3)47-39(56)23(2)46-38(22)55/h6-12,17-18,21-23,27,32-33,44-45,52H,3,13-16,19-20H2,1-2,4-5H3,(H,46,55)(H,47,56)(H,48,57)(H,49,58)/t22-,23+,27+,32-,33-/m0/s1. The minimum Gasteiger partial charge on any atom is -0.496 e. The lowest BCUT2D eigenvalue weighted by atomic mass is 9.94. The number of methoxy groups -OCH3 is 1. The van der Waals surface area contributed by atoms with Crippen molar-refractivity contribution in [3.8, 4) is 5.75 Å². The maximum Gasteiger partial charge on any atom is 0.271 e. The highest BCUT2D eigenvalue weighted by Crippen LogP contribution is 2.30. The zero-order valence-corrected chi connectivity index (χ0v) is 34.9. The summed E-state index contributed by atoms with van der Waals surface area (Å²) in [5.41, 5.74) is 2.48. The number of Topliss-reactive ketones (excluding diaryl/α,β-unsaturated/α-hetero) is 2. The molecule has 3 aromatic heterocycles. The number of hydrogen-bond donors (Lipinski definition) is 7. The number of aliphatic hydroxyl groups is 1. The maximum absolute atomic E-state index is 14.5. The van der Waals surface area contributed by atoms with E-state index >= 15 is 0 Å². The first-order chi connectivity index (χ1) is 29.2. The second-order valence-corrected chi connectivity index (χ2v) is 16.1. The first-order valence-electron chi connectivity index (χ1n) is 19.6. The Balaban J connectivity index is 1.37. The number of aromatic nitrogens is 3. The van der Waals surface area contributed by atoms with Gasteiger partial charge in [0.15, 0.2) is 11.6 Å². The van der Waals surface area contributed by atoms with Crippen molar-refractivity contribution in [1.82, 2.24) is 41.1 Å². The van der Waals surface area contributed by atoms with Gasteiger partial charge in [0.2, 0.25) is 17.7 Å². The molecule has 1 aliphatic heterocycles. The van der Waals surface area contributed by atoms with Gasteiger partial charge in [0, 0.05) is 84.1 Å². The quantitative estimate of drug-likeness (QED) is 0.123. The molecule has 0 fully saturated rings. The van der Waals surface area contributed by atoms with Gasteiger partial charge < -0.3 is 46.0 Å². The van der Waals surface area contributed by atoms with Crippen molar-refractivity contribution in [2.45, 2.75) is 63.6 Å². The number of thiazole rings is 1. The number of nitrogens with one attached hydrogen (secondary N) is 6. The van der Waals surface area contributed by atoms with E-state index in [0.717, 1.165) is 32.7 Å². The zero-order chi connectivity index (χ0) is 44.0. The lowest BCUT2D eigenvalue weighted by Gasteiger charge is -2.24. The third-order valence-electron chi connectivity index (χ3n) is 10.6. The Kier molecular flexibility index (Phi) is 13.8. The van der Waals surface area contributed by atoms with Crippen LogP contribution in [0.5, 0.6) is 5.75 Å². The van der Waals surface area contributed by atoms with Crippen molar-refractivity contribution in [2.24, 2.45) is 5.92 Å². The number of H-pyrrole nitrogens is 2. The molecule has 5 atom stereocenters. The number of carbonyl (C=O) groups is 7. The number of aliphatic hydroxyl groups excluding tert-OH is 1. The molecule has 0 saturated carbocycles. The number of ketones is 2. The number of nitrogens with zero attached hydrogens (tertiary/aromatic N) is 2. The van der Waals surface area contributed by atoms with Gasteiger partial charge in [-0.25, -0.2) is 4.98 Å². The molecule has 5 aromatic rings. The summed E-state index contributed by atoms with van der Waals surface area (Å²) in [4.78, 5) is 107. The van der Waals surface area contributed by atoms with Crippen LogP contribution in [0, 0.1) is 5.92 Å². The fraction of sp³-hybridized carbons (Fsp3) is 0.349. The number of carbonyl (C=O) groups excluding carboxylic acids is 7. The molecular weight excluding hydrogens is 805 g/mol. The van der Waals surface area contributed by atoms with Crippen molar-refractivity contribution >= 4 is 74.2 Å². The van der Waals surface area contributed by atoms with Gasteiger partial charge in [-0.15, -0.1) is 11.3 Å². The number of likely N-dealkylation sites (N-methyl/N-ethyl adjacent to an activating group) is 1. The second-order valence-electron chi connectivity index (χ2n) is 15.2. The molecule has 0 spiro atoms. The Morgan fingerprint density at radius 1 is 0.852 bits per heavy atom. The molecule has 0 radical (unpaired) electrons. The van der Waals surface area contributed by atoms with Crippen molar-refractivity contribution in [1.29, 1.82) is 0 Å². The van der Waals surface area contributed by atoms with Crippen LogP contribution >= 0.6 is 11.3 Å². The number of rotatable bonds is 6. The van der Waals surface area contributed by atoms with Gasteiger partial charge in [0.1, 0.15) is 23.5 Å². The van der Waals surface area contributed by atoms with E-state index in [-0.39, 0.29) is 48.6 Å². The highest BCUT2D eigenvalue weighted by atomic mass is 32.1. The van der Waals surface area contributed by atoms with Crippen molar-refractivity contribution in [3.63, 3.8) is 0 Å². The van der Waals surface area contributed by atoms with Crippen molar-refractivity contribution < 1.29 is 43.4 Å². The van der Waals surface area contributed by atoms with Crippen LogP contribution in [0.4, 0.5) is 0 Å². The summed E-state index contributed by atoms with van der Waals surface area (Å²) >= 11 is 1.04. The average Bonchev–Trinajstić information content (AvgIpc) is 4.01. The van der Waals surface area contributed by atoms with E-state index in [0.29, 0.717) is 22.3 Å². The van der Waals surface area contributed by atoms with Gasteiger partial charge in [-0.1, -0.05) is 37.8 Å². The zero-order valence-electron chi connectivity index (χ0n) is 34.1. The van der Waals surface area contributed by atoms with Crippen molar-refractivity contribution in [2.75, 3.05) is 27.3 Å². The molecule has 2 bridgehead atoms. The summed E-state index contributed by atoms with van der Waals surface area (Å²) < 4.78 is 5.62. The second kappa shape index (κ2) is 19.2. The highest BCUT2D eigenvalue weighted by Gasteiger charge is 2.33. The predicted octanol–water partition coefficient (Wildman–Crippen LogP) is 2.42.